The van der Waals surface area contributed by atoms with Gasteiger partial charge < -0.3 is 20.4 Å². The summed E-state index contributed by atoms with van der Waals surface area (Å²) in [5, 5.41) is 6.49. The highest BCUT2D eigenvalue weighted by molar-refractivity contribution is 7.18. The lowest BCUT2D eigenvalue weighted by Crippen LogP contribution is -2.56. The molecule has 2 aromatic carbocycles. The van der Waals surface area contributed by atoms with Crippen LogP contribution in [0.5, 0.6) is 0 Å². The summed E-state index contributed by atoms with van der Waals surface area (Å²) in [7, 11) is 2.13. The van der Waals surface area contributed by atoms with Crippen molar-refractivity contribution in [1.82, 2.24) is 10.2 Å². The van der Waals surface area contributed by atoms with Gasteiger partial charge in [-0.1, -0.05) is 53.5 Å². The third-order valence-corrected chi connectivity index (χ3v) is 7.89. The summed E-state index contributed by atoms with van der Waals surface area (Å²) in [5.74, 6) is -0.678. The van der Waals surface area contributed by atoms with E-state index in [4.69, 9.17) is 23.2 Å². The van der Waals surface area contributed by atoms with E-state index in [2.05, 4.69) is 27.5 Å². The van der Waals surface area contributed by atoms with Gasteiger partial charge in [0.1, 0.15) is 5.54 Å². The molecule has 0 spiro atoms. The molecule has 36 heavy (non-hydrogen) atoms. The Morgan fingerprint density at radius 1 is 1.00 bits per heavy atom. The number of likely N-dealkylation sites (N-methyl/N-ethyl adjacent to an activating group) is 1. The second-order valence-electron chi connectivity index (χ2n) is 9.32. The van der Waals surface area contributed by atoms with E-state index in [1.165, 1.54) is 11.3 Å². The van der Waals surface area contributed by atoms with Crippen LogP contribution in [0.3, 0.4) is 0 Å². The zero-order valence-corrected chi connectivity index (χ0v) is 22.7. The van der Waals surface area contributed by atoms with Crippen LogP contribution in [-0.2, 0) is 11.2 Å². The summed E-state index contributed by atoms with van der Waals surface area (Å²) in [6, 6.07) is 18.5. The lowest BCUT2D eigenvalue weighted by atomic mass is 9.91. The molecule has 1 saturated heterocycles. The van der Waals surface area contributed by atoms with Gasteiger partial charge in [0, 0.05) is 31.7 Å². The van der Waals surface area contributed by atoms with Crippen molar-refractivity contribution in [3.05, 3.63) is 80.5 Å². The molecule has 9 heteroatoms. The first-order chi connectivity index (χ1) is 17.2. The topological polar surface area (TPSA) is 64.7 Å². The number of amides is 2. The fourth-order valence-electron chi connectivity index (χ4n) is 4.33. The maximum Gasteiger partial charge on any atom is 0.262 e. The van der Waals surface area contributed by atoms with Crippen LogP contribution in [0.15, 0.2) is 60.7 Å². The summed E-state index contributed by atoms with van der Waals surface area (Å²) in [6.45, 7) is 5.60. The van der Waals surface area contributed by atoms with E-state index >= 15 is 0 Å². The molecule has 2 heterocycles. The Labute approximate surface area is 226 Å². The molecule has 4 rings (SSSR count). The third kappa shape index (κ3) is 6.59. The van der Waals surface area contributed by atoms with E-state index in [1.54, 1.807) is 25.1 Å². The first-order valence-electron chi connectivity index (χ1n) is 11.9. The van der Waals surface area contributed by atoms with E-state index in [0.717, 1.165) is 43.9 Å². The van der Waals surface area contributed by atoms with Crippen molar-refractivity contribution >= 4 is 57.7 Å². The molecule has 2 amide bonds. The number of hydrogen-bond donors (Lipinski definition) is 2. The maximum atomic E-state index is 13.6. The molecule has 2 N–H and O–H groups in total. The number of nitrogens with zero attached hydrogens (tertiary/aromatic N) is 2. The van der Waals surface area contributed by atoms with Gasteiger partial charge in [0.15, 0.2) is 0 Å². The molecule has 1 aliphatic rings. The Morgan fingerprint density at radius 2 is 1.78 bits per heavy atom. The van der Waals surface area contributed by atoms with Gasteiger partial charge in [-0.05, 0) is 62.8 Å². The van der Waals surface area contributed by atoms with E-state index in [-0.39, 0.29) is 11.8 Å². The molecule has 1 fully saturated rings. The number of anilines is 2. The Kier molecular flexibility index (Phi) is 8.57. The van der Waals surface area contributed by atoms with Crippen molar-refractivity contribution in [2.24, 2.45) is 0 Å². The van der Waals surface area contributed by atoms with Gasteiger partial charge in [-0.25, -0.2) is 0 Å². The number of nitrogens with one attached hydrogen (secondary N) is 2. The average molecular weight is 546 g/mol. The minimum Gasteiger partial charge on any atom is -0.369 e. The van der Waals surface area contributed by atoms with E-state index < -0.39 is 5.54 Å². The Bertz CT molecular complexity index is 1220. The molecular weight excluding hydrogens is 515 g/mol. The highest BCUT2D eigenvalue weighted by Crippen LogP contribution is 2.30. The van der Waals surface area contributed by atoms with Gasteiger partial charge in [0.25, 0.3) is 5.91 Å². The van der Waals surface area contributed by atoms with E-state index in [9.17, 15) is 9.59 Å². The fraction of sp³-hybridized carbons (Fsp3) is 0.333. The predicted molar refractivity (Wildman–Crippen MR) is 150 cm³/mol. The number of halogens is 2. The maximum absolute atomic E-state index is 13.6. The third-order valence-electron chi connectivity index (χ3n) is 6.35. The Hall–Kier alpha value is -2.58. The SMILES string of the molecule is CN1CCCN(c2ccc(NC(=O)[C@@](C)(Cc3ccccc3)NC(=O)c3ccc(Cl)s3)cc2Cl)CC1. The number of rotatable bonds is 7. The number of carbonyl (C=O) groups excluding carboxylic acids is 2. The van der Waals surface area contributed by atoms with Crippen molar-refractivity contribution in [3.63, 3.8) is 0 Å². The zero-order valence-electron chi connectivity index (χ0n) is 20.4. The van der Waals surface area contributed by atoms with Crippen LogP contribution < -0.4 is 15.5 Å². The van der Waals surface area contributed by atoms with Crippen LogP contribution >= 0.6 is 34.5 Å². The highest BCUT2D eigenvalue weighted by atomic mass is 35.5. The smallest absolute Gasteiger partial charge is 0.262 e. The molecule has 0 unspecified atom stereocenters. The van der Waals surface area contributed by atoms with Gasteiger partial charge in [-0.2, -0.15) is 0 Å². The average Bonchev–Trinajstić information content (AvgIpc) is 3.17. The van der Waals surface area contributed by atoms with Gasteiger partial charge in [-0.3, -0.25) is 9.59 Å². The Morgan fingerprint density at radius 3 is 2.47 bits per heavy atom. The van der Waals surface area contributed by atoms with Crippen LogP contribution in [0.4, 0.5) is 11.4 Å². The molecule has 6 nitrogen and oxygen atoms in total. The molecule has 0 radical (unpaired) electrons. The van der Waals surface area contributed by atoms with Gasteiger partial charge >= 0.3 is 0 Å². The second-order valence-corrected chi connectivity index (χ2v) is 11.4. The summed E-state index contributed by atoms with van der Waals surface area (Å²) in [5.41, 5.74) is 1.25. The monoisotopic (exact) mass is 544 g/mol. The zero-order chi connectivity index (χ0) is 25.7. The highest BCUT2D eigenvalue weighted by Gasteiger charge is 2.36. The van der Waals surface area contributed by atoms with Crippen molar-refractivity contribution in [3.8, 4) is 0 Å². The largest absolute Gasteiger partial charge is 0.369 e. The number of benzene rings is 2. The molecule has 1 aliphatic heterocycles. The van der Waals surface area contributed by atoms with Crippen LogP contribution in [0, 0.1) is 0 Å². The molecule has 0 bridgehead atoms. The first kappa shape index (κ1) is 26.5. The van der Waals surface area contributed by atoms with Crippen molar-refractivity contribution in [2.75, 3.05) is 43.4 Å². The molecule has 0 saturated carbocycles. The van der Waals surface area contributed by atoms with Crippen LogP contribution in [0.2, 0.25) is 9.36 Å². The standard InChI is InChI=1S/C27H30Cl2N4O2S/c1-27(18-19-7-4-3-5-8-19,31-25(34)23-11-12-24(29)36-23)26(35)30-20-9-10-22(21(28)17-20)33-14-6-13-32(2)15-16-33/h3-5,7-12,17H,6,13-16,18H2,1-2H3,(H,30,35)(H,31,34)/t27-/m1/s1. The molecular formula is C27H30Cl2N4O2S. The molecule has 1 aromatic heterocycles. The molecule has 190 valence electrons. The van der Waals surface area contributed by atoms with Crippen molar-refractivity contribution in [2.45, 2.75) is 25.3 Å². The van der Waals surface area contributed by atoms with Crippen molar-refractivity contribution < 1.29 is 9.59 Å². The lowest BCUT2D eigenvalue weighted by Gasteiger charge is -2.30. The molecule has 3 aromatic rings. The lowest BCUT2D eigenvalue weighted by molar-refractivity contribution is -0.121. The summed E-state index contributed by atoms with van der Waals surface area (Å²) in [6.07, 6.45) is 1.38. The van der Waals surface area contributed by atoms with E-state index in [0.29, 0.717) is 26.3 Å². The quantitative estimate of drug-likeness (QED) is 0.408. The molecule has 1 atom stereocenters. The summed E-state index contributed by atoms with van der Waals surface area (Å²) >= 11 is 13.8. The van der Waals surface area contributed by atoms with Gasteiger partial charge in [0.05, 0.1) is 19.9 Å². The predicted octanol–water partition coefficient (Wildman–Crippen LogP) is 5.57. The number of thiophene rings is 1. The number of hydrogen-bond acceptors (Lipinski definition) is 5. The fourth-order valence-corrected chi connectivity index (χ4v) is 5.57. The summed E-state index contributed by atoms with van der Waals surface area (Å²) in [4.78, 5) is 31.6. The van der Waals surface area contributed by atoms with Crippen molar-refractivity contribution in [1.29, 1.82) is 0 Å². The normalized spacial score (nSPS) is 16.2. The van der Waals surface area contributed by atoms with Crippen LogP contribution in [0.25, 0.3) is 0 Å². The Balaban J connectivity index is 1.53. The van der Waals surface area contributed by atoms with Gasteiger partial charge in [0.2, 0.25) is 5.91 Å². The summed E-state index contributed by atoms with van der Waals surface area (Å²) < 4.78 is 0.514. The van der Waals surface area contributed by atoms with Crippen LogP contribution in [-0.4, -0.2) is 55.5 Å². The molecule has 0 aliphatic carbocycles. The second kappa shape index (κ2) is 11.6. The van der Waals surface area contributed by atoms with Crippen LogP contribution in [0.1, 0.15) is 28.6 Å². The first-order valence-corrected chi connectivity index (χ1v) is 13.5. The van der Waals surface area contributed by atoms with Gasteiger partial charge in [-0.15, -0.1) is 11.3 Å². The number of carbonyl (C=O) groups is 2. The minimum atomic E-state index is -1.21. The van der Waals surface area contributed by atoms with E-state index in [1.807, 2.05) is 42.5 Å². The minimum absolute atomic E-state index is 0.317.